The number of hydrogen-bond donors (Lipinski definition) is 3. The molecular weight excluding hydrogens is 304 g/mol. The molecular formula is C17H20N6O. The van der Waals surface area contributed by atoms with Crippen molar-refractivity contribution >= 4 is 22.8 Å². The van der Waals surface area contributed by atoms with Gasteiger partial charge in [-0.3, -0.25) is 10.1 Å². The Morgan fingerprint density at radius 3 is 2.83 bits per heavy atom. The van der Waals surface area contributed by atoms with Gasteiger partial charge in [0, 0.05) is 17.8 Å². The molecule has 1 aromatic heterocycles. The van der Waals surface area contributed by atoms with Crippen LogP contribution >= 0.6 is 0 Å². The molecule has 2 heterocycles. The molecule has 24 heavy (non-hydrogen) atoms. The molecule has 0 aliphatic carbocycles. The van der Waals surface area contributed by atoms with Crippen molar-refractivity contribution in [3.63, 3.8) is 0 Å². The van der Waals surface area contributed by atoms with E-state index in [1.807, 2.05) is 45.0 Å². The number of nitrogens with zero attached hydrogens (tertiary/aromatic N) is 3. The maximum absolute atomic E-state index is 12.1. The van der Waals surface area contributed by atoms with Crippen molar-refractivity contribution in [1.82, 2.24) is 20.6 Å². The lowest BCUT2D eigenvalue weighted by Gasteiger charge is -2.35. The molecule has 124 valence electrons. The van der Waals surface area contributed by atoms with Crippen molar-refractivity contribution in [2.75, 3.05) is 5.32 Å². The molecule has 1 aliphatic heterocycles. The van der Waals surface area contributed by atoms with Crippen LogP contribution in [-0.2, 0) is 4.79 Å². The highest BCUT2D eigenvalue weighted by molar-refractivity contribution is 5.83. The first kappa shape index (κ1) is 16.1. The summed E-state index contributed by atoms with van der Waals surface area (Å²) >= 11 is 0. The maximum atomic E-state index is 12.1. The molecule has 0 radical (unpaired) electrons. The van der Waals surface area contributed by atoms with Gasteiger partial charge in [-0.1, -0.05) is 12.1 Å². The molecule has 7 nitrogen and oxygen atoms in total. The van der Waals surface area contributed by atoms with Crippen molar-refractivity contribution in [2.45, 2.75) is 39.5 Å². The number of carbonyl (C=O) groups is 1. The molecule has 0 bridgehead atoms. The Hall–Kier alpha value is -2.72. The fraction of sp³-hybridized carbons (Fsp3) is 0.412. The molecule has 3 rings (SSSR count). The molecule has 1 fully saturated rings. The number of benzene rings is 1. The number of aromatic nitrogens is 2. The molecule has 0 saturated carbocycles. The average Bonchev–Trinajstić information content (AvgIpc) is 2.50. The van der Waals surface area contributed by atoms with E-state index in [1.54, 1.807) is 0 Å². The third kappa shape index (κ3) is 3.14. The van der Waals surface area contributed by atoms with E-state index < -0.39 is 6.29 Å². The fourth-order valence-corrected chi connectivity index (χ4v) is 2.93. The largest absolute Gasteiger partial charge is 0.323 e. The monoisotopic (exact) mass is 324 g/mol. The van der Waals surface area contributed by atoms with Crippen LogP contribution in [0.4, 0.5) is 5.95 Å². The van der Waals surface area contributed by atoms with Gasteiger partial charge in [0.1, 0.15) is 0 Å². The van der Waals surface area contributed by atoms with Crippen molar-refractivity contribution in [1.29, 1.82) is 5.26 Å². The Labute approximate surface area is 140 Å². The van der Waals surface area contributed by atoms with E-state index in [0.29, 0.717) is 5.95 Å². The van der Waals surface area contributed by atoms with Gasteiger partial charge in [-0.15, -0.1) is 0 Å². The van der Waals surface area contributed by atoms with Gasteiger partial charge in [-0.2, -0.15) is 5.26 Å². The third-order valence-electron chi connectivity index (χ3n) is 4.28. The van der Waals surface area contributed by atoms with Crippen molar-refractivity contribution in [2.24, 2.45) is 5.92 Å². The van der Waals surface area contributed by atoms with Crippen LogP contribution in [0, 0.1) is 31.1 Å². The van der Waals surface area contributed by atoms with Crippen LogP contribution in [0.5, 0.6) is 0 Å². The predicted octanol–water partition coefficient (Wildman–Crippen LogP) is 1.58. The first-order valence-corrected chi connectivity index (χ1v) is 7.93. The topological polar surface area (TPSA) is 103 Å². The normalized spacial score (nSPS) is 23.6. The molecule has 7 heteroatoms. The molecule has 1 aromatic carbocycles. The second kappa shape index (κ2) is 6.42. The summed E-state index contributed by atoms with van der Waals surface area (Å²) in [5.74, 6) is -0.0436. The van der Waals surface area contributed by atoms with Crippen LogP contribution in [0.15, 0.2) is 18.2 Å². The second-order valence-corrected chi connectivity index (χ2v) is 6.16. The molecule has 1 amide bonds. The van der Waals surface area contributed by atoms with Crippen LogP contribution in [0.2, 0.25) is 0 Å². The Bertz CT molecular complexity index is 828. The van der Waals surface area contributed by atoms with Gasteiger partial charge in [-0.25, -0.2) is 9.97 Å². The van der Waals surface area contributed by atoms with Gasteiger partial charge in [0.2, 0.25) is 11.9 Å². The number of fused-ring (bicyclic) bond motifs is 1. The summed E-state index contributed by atoms with van der Waals surface area (Å²) < 4.78 is 0. The average molecular weight is 324 g/mol. The molecule has 1 saturated heterocycles. The number of anilines is 1. The fourth-order valence-electron chi connectivity index (χ4n) is 2.93. The first-order valence-electron chi connectivity index (χ1n) is 7.93. The molecule has 3 N–H and O–H groups in total. The van der Waals surface area contributed by atoms with Gasteiger partial charge in [0.25, 0.3) is 0 Å². The minimum Gasteiger partial charge on any atom is -0.323 e. The maximum Gasteiger partial charge on any atom is 0.228 e. The van der Waals surface area contributed by atoms with E-state index in [0.717, 1.165) is 22.2 Å². The second-order valence-electron chi connectivity index (χ2n) is 6.16. The standard InChI is InChI=1S/C17H20N6O/c1-9-4-5-12-10(2)19-16(21-14(12)8-9)23-17-20-11(3)13(6-7-18)15(24)22-17/h4-5,8,11,13,17,20H,6H2,1-3H3,(H,22,24)(H,19,21,23). The molecule has 0 spiro atoms. The highest BCUT2D eigenvalue weighted by Crippen LogP contribution is 2.19. The van der Waals surface area contributed by atoms with E-state index in [1.165, 1.54) is 0 Å². The highest BCUT2D eigenvalue weighted by Gasteiger charge is 2.33. The van der Waals surface area contributed by atoms with Gasteiger partial charge >= 0.3 is 0 Å². The van der Waals surface area contributed by atoms with Gasteiger partial charge in [-0.05, 0) is 32.4 Å². The van der Waals surface area contributed by atoms with Crippen LogP contribution in [0.3, 0.4) is 0 Å². The number of aryl methyl sites for hydroxylation is 2. The summed E-state index contributed by atoms with van der Waals surface area (Å²) in [5.41, 5.74) is 2.87. The SMILES string of the molecule is Cc1ccc2c(C)nc(NC3NC(=O)C(CC#N)C(C)N3)nc2c1. The zero-order chi connectivity index (χ0) is 17.3. The number of hydrogen-bond acceptors (Lipinski definition) is 6. The van der Waals surface area contributed by atoms with Gasteiger partial charge in [0.15, 0.2) is 6.29 Å². The van der Waals surface area contributed by atoms with Gasteiger partial charge < -0.3 is 10.6 Å². The Kier molecular flexibility index (Phi) is 4.32. The van der Waals surface area contributed by atoms with Crippen molar-refractivity contribution in [3.8, 4) is 6.07 Å². The molecule has 3 unspecified atom stereocenters. The zero-order valence-electron chi connectivity index (χ0n) is 13.9. The number of nitriles is 1. The van der Waals surface area contributed by atoms with Crippen LogP contribution in [0.1, 0.15) is 24.6 Å². The Morgan fingerprint density at radius 1 is 1.33 bits per heavy atom. The van der Waals surface area contributed by atoms with Crippen molar-refractivity contribution < 1.29 is 4.79 Å². The van der Waals surface area contributed by atoms with Gasteiger partial charge in [0.05, 0.1) is 23.2 Å². The lowest BCUT2D eigenvalue weighted by molar-refractivity contribution is -0.128. The van der Waals surface area contributed by atoms with E-state index in [-0.39, 0.29) is 24.3 Å². The number of nitrogens with one attached hydrogen (secondary N) is 3. The number of amides is 1. The van der Waals surface area contributed by atoms with E-state index in [2.05, 4.69) is 25.9 Å². The van der Waals surface area contributed by atoms with Crippen LogP contribution in [-0.4, -0.2) is 28.2 Å². The highest BCUT2D eigenvalue weighted by atomic mass is 16.2. The van der Waals surface area contributed by atoms with Crippen molar-refractivity contribution in [3.05, 3.63) is 29.5 Å². The van der Waals surface area contributed by atoms with E-state index >= 15 is 0 Å². The summed E-state index contributed by atoms with van der Waals surface area (Å²) in [5, 5.41) is 19.0. The molecule has 1 aliphatic rings. The van der Waals surface area contributed by atoms with Crippen LogP contribution in [0.25, 0.3) is 10.9 Å². The first-order chi connectivity index (χ1) is 11.5. The minimum absolute atomic E-state index is 0.111. The van der Waals surface area contributed by atoms with E-state index in [9.17, 15) is 4.79 Å². The summed E-state index contributed by atoms with van der Waals surface area (Å²) in [6.07, 6.45) is -0.276. The summed E-state index contributed by atoms with van der Waals surface area (Å²) in [4.78, 5) is 21.1. The molecule has 3 atom stereocenters. The Balaban J connectivity index is 1.81. The predicted molar refractivity (Wildman–Crippen MR) is 90.9 cm³/mol. The summed E-state index contributed by atoms with van der Waals surface area (Å²) in [6.45, 7) is 5.85. The number of carbonyl (C=O) groups excluding carboxylic acids is 1. The zero-order valence-corrected chi connectivity index (χ0v) is 13.9. The lowest BCUT2D eigenvalue weighted by atomic mass is 9.95. The third-order valence-corrected chi connectivity index (χ3v) is 4.28. The minimum atomic E-state index is -0.468. The lowest BCUT2D eigenvalue weighted by Crippen LogP contribution is -2.63. The number of rotatable bonds is 3. The van der Waals surface area contributed by atoms with E-state index in [4.69, 9.17) is 5.26 Å². The Morgan fingerprint density at radius 2 is 2.12 bits per heavy atom. The smallest absolute Gasteiger partial charge is 0.228 e. The molecule has 2 aromatic rings. The summed E-state index contributed by atoms with van der Waals surface area (Å²) in [6, 6.07) is 7.99. The summed E-state index contributed by atoms with van der Waals surface area (Å²) in [7, 11) is 0. The van der Waals surface area contributed by atoms with Crippen LogP contribution < -0.4 is 16.0 Å². The quantitative estimate of drug-likeness (QED) is 0.792.